The van der Waals surface area contributed by atoms with Crippen LogP contribution in [0.15, 0.2) is 18.5 Å². The van der Waals surface area contributed by atoms with Gasteiger partial charge in [0.2, 0.25) is 0 Å². The molecule has 1 unspecified atom stereocenters. The topological polar surface area (TPSA) is 37.2 Å². The summed E-state index contributed by atoms with van der Waals surface area (Å²) in [7, 11) is 2.00. The highest BCUT2D eigenvalue weighted by molar-refractivity contribution is 5.10. The van der Waals surface area contributed by atoms with E-state index < -0.39 is 0 Å². The van der Waals surface area contributed by atoms with Crippen molar-refractivity contribution in [1.82, 2.24) is 9.88 Å². The van der Waals surface area contributed by atoms with E-state index in [1.807, 2.05) is 31.7 Å². The molecule has 3 nitrogen and oxygen atoms in total. The minimum Gasteiger partial charge on any atom is -0.392 e. The Morgan fingerprint density at radius 2 is 2.21 bits per heavy atom. The standard InChI is InChI=1S/C11H20N2O/c1-9(14)11(2,3)12-7-10-5-6-13(4)8-10/h5-6,8-9,12,14H,7H2,1-4H3. The van der Waals surface area contributed by atoms with Gasteiger partial charge in [-0.15, -0.1) is 0 Å². The summed E-state index contributed by atoms with van der Waals surface area (Å²) in [4.78, 5) is 0. The van der Waals surface area contributed by atoms with Crippen LogP contribution < -0.4 is 5.32 Å². The minimum atomic E-state index is -0.355. The van der Waals surface area contributed by atoms with Crippen molar-refractivity contribution in [2.24, 2.45) is 7.05 Å². The number of hydrogen-bond acceptors (Lipinski definition) is 2. The van der Waals surface area contributed by atoms with E-state index in [0.717, 1.165) is 6.54 Å². The highest BCUT2D eigenvalue weighted by Gasteiger charge is 2.22. The highest BCUT2D eigenvalue weighted by atomic mass is 16.3. The third kappa shape index (κ3) is 2.86. The van der Waals surface area contributed by atoms with Gasteiger partial charge in [0.25, 0.3) is 0 Å². The Labute approximate surface area is 85.7 Å². The number of aliphatic hydroxyl groups is 1. The number of hydrogen-bond donors (Lipinski definition) is 2. The molecule has 1 heterocycles. The van der Waals surface area contributed by atoms with Gasteiger partial charge < -0.3 is 15.0 Å². The summed E-state index contributed by atoms with van der Waals surface area (Å²) in [5, 5.41) is 12.8. The molecule has 0 spiro atoms. The minimum absolute atomic E-state index is 0.240. The molecule has 0 aliphatic rings. The molecular formula is C11H20N2O. The Morgan fingerprint density at radius 3 is 2.64 bits per heavy atom. The summed E-state index contributed by atoms with van der Waals surface area (Å²) in [6, 6.07) is 2.07. The van der Waals surface area contributed by atoms with Gasteiger partial charge in [0, 0.05) is 31.5 Å². The second-order valence-corrected chi connectivity index (χ2v) is 4.44. The zero-order valence-corrected chi connectivity index (χ0v) is 9.41. The monoisotopic (exact) mass is 196 g/mol. The molecular weight excluding hydrogens is 176 g/mol. The fourth-order valence-electron chi connectivity index (χ4n) is 1.14. The number of nitrogens with zero attached hydrogens (tertiary/aromatic N) is 1. The van der Waals surface area contributed by atoms with Crippen LogP contribution in [0.4, 0.5) is 0 Å². The summed E-state index contributed by atoms with van der Waals surface area (Å²) in [6.07, 6.45) is 3.74. The third-order valence-electron chi connectivity index (χ3n) is 2.69. The van der Waals surface area contributed by atoms with Gasteiger partial charge in [-0.3, -0.25) is 0 Å². The van der Waals surface area contributed by atoms with Crippen LogP contribution in [0.5, 0.6) is 0 Å². The number of aromatic nitrogens is 1. The van der Waals surface area contributed by atoms with Gasteiger partial charge in [-0.05, 0) is 32.4 Å². The molecule has 0 bridgehead atoms. The van der Waals surface area contributed by atoms with Crippen molar-refractivity contribution in [1.29, 1.82) is 0 Å². The van der Waals surface area contributed by atoms with E-state index in [2.05, 4.69) is 17.6 Å². The first-order chi connectivity index (χ1) is 6.42. The van der Waals surface area contributed by atoms with Gasteiger partial charge in [0.1, 0.15) is 0 Å². The molecule has 3 heteroatoms. The van der Waals surface area contributed by atoms with Crippen LogP contribution in [-0.4, -0.2) is 21.3 Å². The van der Waals surface area contributed by atoms with Crippen LogP contribution in [0.2, 0.25) is 0 Å². The molecule has 0 aromatic carbocycles. The zero-order chi connectivity index (χ0) is 10.8. The Morgan fingerprint density at radius 1 is 1.57 bits per heavy atom. The molecule has 0 saturated carbocycles. The lowest BCUT2D eigenvalue weighted by atomic mass is 9.98. The van der Waals surface area contributed by atoms with Crippen molar-refractivity contribution >= 4 is 0 Å². The van der Waals surface area contributed by atoms with Gasteiger partial charge in [0.05, 0.1) is 6.10 Å². The number of aryl methyl sites for hydroxylation is 1. The normalized spacial score (nSPS) is 14.4. The fraction of sp³-hybridized carbons (Fsp3) is 0.636. The van der Waals surface area contributed by atoms with Crippen LogP contribution in [-0.2, 0) is 13.6 Å². The maximum absolute atomic E-state index is 9.50. The molecule has 0 aliphatic carbocycles. The summed E-state index contributed by atoms with van der Waals surface area (Å²) < 4.78 is 2.02. The number of nitrogens with one attached hydrogen (secondary N) is 1. The smallest absolute Gasteiger partial charge is 0.0688 e. The van der Waals surface area contributed by atoms with Crippen LogP contribution in [0.3, 0.4) is 0 Å². The van der Waals surface area contributed by atoms with Crippen molar-refractivity contribution in [2.75, 3.05) is 0 Å². The molecule has 0 amide bonds. The summed E-state index contributed by atoms with van der Waals surface area (Å²) in [5.74, 6) is 0. The molecule has 14 heavy (non-hydrogen) atoms. The maximum atomic E-state index is 9.50. The quantitative estimate of drug-likeness (QED) is 0.761. The molecule has 0 saturated heterocycles. The lowest BCUT2D eigenvalue weighted by Gasteiger charge is -2.29. The van der Waals surface area contributed by atoms with E-state index in [4.69, 9.17) is 0 Å². The van der Waals surface area contributed by atoms with E-state index in [9.17, 15) is 5.11 Å². The van der Waals surface area contributed by atoms with E-state index in [-0.39, 0.29) is 11.6 Å². The van der Waals surface area contributed by atoms with E-state index in [1.54, 1.807) is 6.92 Å². The first kappa shape index (κ1) is 11.3. The van der Waals surface area contributed by atoms with E-state index in [1.165, 1.54) is 5.56 Å². The largest absolute Gasteiger partial charge is 0.392 e. The molecule has 0 radical (unpaired) electrons. The molecule has 0 fully saturated rings. The molecule has 0 aliphatic heterocycles. The first-order valence-corrected chi connectivity index (χ1v) is 4.96. The number of aliphatic hydroxyl groups excluding tert-OH is 1. The van der Waals surface area contributed by atoms with E-state index in [0.29, 0.717) is 0 Å². The third-order valence-corrected chi connectivity index (χ3v) is 2.69. The summed E-state index contributed by atoms with van der Waals surface area (Å²) >= 11 is 0. The highest BCUT2D eigenvalue weighted by Crippen LogP contribution is 2.10. The van der Waals surface area contributed by atoms with Gasteiger partial charge >= 0.3 is 0 Å². The molecule has 2 N–H and O–H groups in total. The predicted molar refractivity (Wildman–Crippen MR) is 58.0 cm³/mol. The molecule has 1 rings (SSSR count). The lowest BCUT2D eigenvalue weighted by molar-refractivity contribution is 0.0956. The molecule has 1 aromatic rings. The van der Waals surface area contributed by atoms with Gasteiger partial charge in [-0.1, -0.05) is 0 Å². The van der Waals surface area contributed by atoms with Crippen LogP contribution in [0.25, 0.3) is 0 Å². The van der Waals surface area contributed by atoms with Gasteiger partial charge in [-0.25, -0.2) is 0 Å². The van der Waals surface area contributed by atoms with Crippen molar-refractivity contribution < 1.29 is 5.11 Å². The Balaban J connectivity index is 2.48. The average molecular weight is 196 g/mol. The lowest BCUT2D eigenvalue weighted by Crippen LogP contribution is -2.47. The van der Waals surface area contributed by atoms with Crippen LogP contribution in [0.1, 0.15) is 26.3 Å². The average Bonchev–Trinajstić information content (AvgIpc) is 2.48. The zero-order valence-electron chi connectivity index (χ0n) is 9.41. The molecule has 1 aromatic heterocycles. The molecule has 80 valence electrons. The summed E-state index contributed by atoms with van der Waals surface area (Å²) in [5.41, 5.74) is 0.997. The van der Waals surface area contributed by atoms with Crippen LogP contribution >= 0.6 is 0 Å². The maximum Gasteiger partial charge on any atom is 0.0688 e. The van der Waals surface area contributed by atoms with E-state index >= 15 is 0 Å². The predicted octanol–water partition coefficient (Wildman–Crippen LogP) is 1.27. The Hall–Kier alpha value is -0.800. The second kappa shape index (κ2) is 4.15. The van der Waals surface area contributed by atoms with Crippen molar-refractivity contribution in [2.45, 2.75) is 39.0 Å². The Kier molecular flexibility index (Phi) is 3.34. The van der Waals surface area contributed by atoms with Crippen molar-refractivity contribution in [3.8, 4) is 0 Å². The Bertz CT molecular complexity index is 289. The molecule has 1 atom stereocenters. The van der Waals surface area contributed by atoms with Gasteiger partial charge in [0.15, 0.2) is 0 Å². The first-order valence-electron chi connectivity index (χ1n) is 4.96. The van der Waals surface area contributed by atoms with Crippen molar-refractivity contribution in [3.63, 3.8) is 0 Å². The number of rotatable bonds is 4. The van der Waals surface area contributed by atoms with Crippen molar-refractivity contribution in [3.05, 3.63) is 24.0 Å². The summed E-state index contributed by atoms with van der Waals surface area (Å²) in [6.45, 7) is 6.60. The van der Waals surface area contributed by atoms with Crippen LogP contribution in [0, 0.1) is 0 Å². The SMILES string of the molecule is CC(O)C(C)(C)NCc1ccn(C)c1. The fourth-order valence-corrected chi connectivity index (χ4v) is 1.14. The van der Waals surface area contributed by atoms with Gasteiger partial charge in [-0.2, -0.15) is 0 Å². The second-order valence-electron chi connectivity index (χ2n) is 4.44.